The number of carboxylic acids is 1. The van der Waals surface area contributed by atoms with Crippen LogP contribution in [-0.2, 0) is 0 Å². The first-order valence-corrected chi connectivity index (χ1v) is 7.25. The molecular formula is C15H20N2O4. The zero-order chi connectivity index (χ0) is 15.4. The normalized spacial score (nSPS) is 16.2. The summed E-state index contributed by atoms with van der Waals surface area (Å²) < 4.78 is 0. The molecule has 0 heterocycles. The Bertz CT molecular complexity index is 536. The van der Waals surface area contributed by atoms with Gasteiger partial charge in [-0.25, -0.2) is 4.79 Å². The Morgan fingerprint density at radius 2 is 1.90 bits per heavy atom. The quantitative estimate of drug-likeness (QED) is 0.522. The second kappa shape index (κ2) is 6.56. The van der Waals surface area contributed by atoms with E-state index in [0.29, 0.717) is 5.69 Å². The second-order valence-corrected chi connectivity index (χ2v) is 5.52. The molecule has 2 rings (SSSR count). The zero-order valence-electron chi connectivity index (χ0n) is 12.1. The van der Waals surface area contributed by atoms with E-state index in [1.165, 1.54) is 31.0 Å². The van der Waals surface area contributed by atoms with Crippen LogP contribution in [0.5, 0.6) is 0 Å². The average molecular weight is 292 g/mol. The molecule has 114 valence electrons. The molecule has 1 aliphatic rings. The van der Waals surface area contributed by atoms with Gasteiger partial charge in [0.25, 0.3) is 5.69 Å². The molecule has 1 aromatic carbocycles. The highest BCUT2D eigenvalue weighted by Gasteiger charge is 2.25. The van der Waals surface area contributed by atoms with Crippen molar-refractivity contribution in [2.24, 2.45) is 0 Å². The lowest BCUT2D eigenvalue weighted by atomic mass is 10.1. The summed E-state index contributed by atoms with van der Waals surface area (Å²) in [6.45, 7) is 0. The summed E-state index contributed by atoms with van der Waals surface area (Å²) in [4.78, 5) is 23.7. The molecule has 0 bridgehead atoms. The molecule has 21 heavy (non-hydrogen) atoms. The van der Waals surface area contributed by atoms with Crippen LogP contribution in [0.3, 0.4) is 0 Å². The summed E-state index contributed by atoms with van der Waals surface area (Å²) in [5.41, 5.74) is 0.439. The van der Waals surface area contributed by atoms with E-state index >= 15 is 0 Å². The minimum atomic E-state index is -1.07. The van der Waals surface area contributed by atoms with Crippen LogP contribution >= 0.6 is 0 Å². The van der Waals surface area contributed by atoms with Crippen LogP contribution in [0.4, 0.5) is 11.4 Å². The van der Waals surface area contributed by atoms with Gasteiger partial charge in [0.1, 0.15) is 5.69 Å². The molecule has 0 radical (unpaired) electrons. The highest BCUT2D eigenvalue weighted by Crippen LogP contribution is 2.33. The number of carboxylic acid groups (broad SMARTS) is 1. The monoisotopic (exact) mass is 292 g/mol. The maximum Gasteiger partial charge on any atom is 0.335 e. The number of hydrogen-bond donors (Lipinski definition) is 1. The first-order chi connectivity index (χ1) is 10.0. The largest absolute Gasteiger partial charge is 0.478 e. The first kappa shape index (κ1) is 15.3. The van der Waals surface area contributed by atoms with Gasteiger partial charge in [0.05, 0.1) is 10.5 Å². The van der Waals surface area contributed by atoms with E-state index in [1.807, 2.05) is 11.9 Å². The van der Waals surface area contributed by atoms with Crippen LogP contribution < -0.4 is 4.90 Å². The summed E-state index contributed by atoms with van der Waals surface area (Å²) in [5.74, 6) is -1.07. The summed E-state index contributed by atoms with van der Waals surface area (Å²) >= 11 is 0. The minimum absolute atomic E-state index is 0.0354. The summed E-state index contributed by atoms with van der Waals surface area (Å²) in [7, 11) is 1.82. The van der Waals surface area contributed by atoms with Gasteiger partial charge in [-0.05, 0) is 25.0 Å². The van der Waals surface area contributed by atoms with Crippen LogP contribution in [0.1, 0.15) is 48.9 Å². The smallest absolute Gasteiger partial charge is 0.335 e. The van der Waals surface area contributed by atoms with Gasteiger partial charge < -0.3 is 10.0 Å². The molecule has 1 aromatic rings. The zero-order valence-corrected chi connectivity index (χ0v) is 12.1. The molecular weight excluding hydrogens is 272 g/mol. The number of carbonyl (C=O) groups is 1. The van der Waals surface area contributed by atoms with Crippen LogP contribution in [0, 0.1) is 10.1 Å². The average Bonchev–Trinajstić information content (AvgIpc) is 2.74. The van der Waals surface area contributed by atoms with Crippen molar-refractivity contribution in [1.29, 1.82) is 0 Å². The SMILES string of the molecule is CN(c1cc(C(=O)O)ccc1[N+](=O)[O-])C1CCCCCC1. The van der Waals surface area contributed by atoms with Crippen molar-refractivity contribution in [2.75, 3.05) is 11.9 Å². The minimum Gasteiger partial charge on any atom is -0.478 e. The number of nitro groups is 1. The highest BCUT2D eigenvalue weighted by molar-refractivity contribution is 5.90. The van der Waals surface area contributed by atoms with Crippen molar-refractivity contribution in [2.45, 2.75) is 44.6 Å². The molecule has 0 spiro atoms. The Morgan fingerprint density at radius 3 is 2.43 bits per heavy atom. The molecule has 6 heteroatoms. The number of hydrogen-bond acceptors (Lipinski definition) is 4. The molecule has 1 fully saturated rings. The van der Waals surface area contributed by atoms with Crippen LogP contribution in [0.2, 0.25) is 0 Å². The van der Waals surface area contributed by atoms with E-state index in [-0.39, 0.29) is 17.3 Å². The third-order valence-corrected chi connectivity index (χ3v) is 4.17. The lowest BCUT2D eigenvalue weighted by molar-refractivity contribution is -0.384. The molecule has 1 saturated carbocycles. The summed E-state index contributed by atoms with van der Waals surface area (Å²) in [6, 6.07) is 4.21. The number of rotatable bonds is 4. The maximum absolute atomic E-state index is 11.2. The Labute approximate surface area is 123 Å². The molecule has 6 nitrogen and oxygen atoms in total. The van der Waals surface area contributed by atoms with E-state index in [2.05, 4.69) is 0 Å². The molecule has 0 atom stereocenters. The Morgan fingerprint density at radius 1 is 1.29 bits per heavy atom. The van der Waals surface area contributed by atoms with Gasteiger partial charge >= 0.3 is 5.97 Å². The van der Waals surface area contributed by atoms with Gasteiger partial charge in [0, 0.05) is 19.2 Å². The van der Waals surface area contributed by atoms with E-state index in [1.54, 1.807) is 0 Å². The van der Waals surface area contributed by atoms with Gasteiger partial charge in [0.15, 0.2) is 0 Å². The van der Waals surface area contributed by atoms with Crippen molar-refractivity contribution in [3.63, 3.8) is 0 Å². The number of anilines is 1. The first-order valence-electron chi connectivity index (χ1n) is 7.25. The third kappa shape index (κ3) is 3.51. The molecule has 0 unspecified atom stereocenters. The second-order valence-electron chi connectivity index (χ2n) is 5.52. The molecule has 0 aromatic heterocycles. The van der Waals surface area contributed by atoms with E-state index in [4.69, 9.17) is 5.11 Å². The van der Waals surface area contributed by atoms with Crippen LogP contribution in [0.15, 0.2) is 18.2 Å². The van der Waals surface area contributed by atoms with Gasteiger partial charge in [0.2, 0.25) is 0 Å². The van der Waals surface area contributed by atoms with E-state index in [0.717, 1.165) is 25.7 Å². The van der Waals surface area contributed by atoms with Crippen LogP contribution in [0.25, 0.3) is 0 Å². The Balaban J connectivity index is 2.36. The number of nitro benzene ring substituents is 1. The third-order valence-electron chi connectivity index (χ3n) is 4.17. The van der Waals surface area contributed by atoms with E-state index < -0.39 is 10.9 Å². The summed E-state index contributed by atoms with van der Waals surface area (Å²) in [6.07, 6.45) is 6.60. The fourth-order valence-corrected chi connectivity index (χ4v) is 2.94. The van der Waals surface area contributed by atoms with Crippen molar-refractivity contribution in [3.05, 3.63) is 33.9 Å². The Hall–Kier alpha value is -2.11. The molecule has 0 saturated heterocycles. The summed E-state index contributed by atoms with van der Waals surface area (Å²) in [5, 5.41) is 20.3. The molecule has 0 amide bonds. The molecule has 1 N–H and O–H groups in total. The molecule has 1 aliphatic carbocycles. The Kier molecular flexibility index (Phi) is 4.77. The van der Waals surface area contributed by atoms with E-state index in [9.17, 15) is 14.9 Å². The van der Waals surface area contributed by atoms with Gasteiger partial charge in [-0.2, -0.15) is 0 Å². The van der Waals surface area contributed by atoms with Crippen molar-refractivity contribution in [3.8, 4) is 0 Å². The van der Waals surface area contributed by atoms with Crippen molar-refractivity contribution >= 4 is 17.3 Å². The van der Waals surface area contributed by atoms with Crippen LogP contribution in [-0.4, -0.2) is 29.1 Å². The maximum atomic E-state index is 11.2. The van der Waals surface area contributed by atoms with Gasteiger partial charge in [-0.15, -0.1) is 0 Å². The number of benzene rings is 1. The number of aromatic carboxylic acids is 1. The predicted molar refractivity (Wildman–Crippen MR) is 79.9 cm³/mol. The molecule has 0 aliphatic heterocycles. The highest BCUT2D eigenvalue weighted by atomic mass is 16.6. The predicted octanol–water partition coefficient (Wildman–Crippen LogP) is 3.45. The standard InChI is InChI=1S/C15H20N2O4/c1-16(12-6-4-2-3-5-7-12)14-10-11(15(18)19)8-9-13(14)17(20)21/h8-10,12H,2-7H2,1H3,(H,18,19). The van der Waals surface area contributed by atoms with Gasteiger partial charge in [-0.3, -0.25) is 10.1 Å². The lowest BCUT2D eigenvalue weighted by Crippen LogP contribution is -2.31. The van der Waals surface area contributed by atoms with Crippen molar-refractivity contribution < 1.29 is 14.8 Å². The topological polar surface area (TPSA) is 83.7 Å². The van der Waals surface area contributed by atoms with Crippen molar-refractivity contribution in [1.82, 2.24) is 0 Å². The number of nitrogens with zero attached hydrogens (tertiary/aromatic N) is 2. The lowest BCUT2D eigenvalue weighted by Gasteiger charge is -2.29. The fourth-order valence-electron chi connectivity index (χ4n) is 2.94. The fraction of sp³-hybridized carbons (Fsp3) is 0.533. The van der Waals surface area contributed by atoms with Gasteiger partial charge in [-0.1, -0.05) is 25.7 Å².